The fourth-order valence-corrected chi connectivity index (χ4v) is 2.02. The van der Waals surface area contributed by atoms with Crippen LogP contribution in [0.25, 0.3) is 0 Å². The Bertz CT molecular complexity index is 161. The number of hydrogen-bond donors (Lipinski definition) is 2. The van der Waals surface area contributed by atoms with Gasteiger partial charge in [0.25, 0.3) is 0 Å². The summed E-state index contributed by atoms with van der Waals surface area (Å²) in [6, 6.07) is 0. The van der Waals surface area contributed by atoms with Gasteiger partial charge in [-0.3, -0.25) is 0 Å². The Morgan fingerprint density at radius 1 is 1.38 bits per heavy atom. The summed E-state index contributed by atoms with van der Waals surface area (Å²) in [5.74, 6) is 0. The van der Waals surface area contributed by atoms with E-state index in [9.17, 15) is 5.11 Å². The van der Waals surface area contributed by atoms with Gasteiger partial charge in [-0.05, 0) is 52.4 Å². The van der Waals surface area contributed by atoms with E-state index in [-0.39, 0.29) is 6.10 Å². The lowest BCUT2D eigenvalue weighted by atomic mass is 10.3. The van der Waals surface area contributed by atoms with Crippen molar-refractivity contribution in [3.05, 3.63) is 0 Å². The van der Waals surface area contributed by atoms with Crippen LogP contribution < -0.4 is 5.32 Å². The molecule has 0 aromatic rings. The van der Waals surface area contributed by atoms with Gasteiger partial charge < -0.3 is 20.1 Å². The average molecular weight is 230 g/mol. The molecule has 0 aliphatic carbocycles. The molecule has 1 aliphatic rings. The number of nitrogens with zero attached hydrogens (tertiary/aromatic N) is 1. The molecule has 1 rings (SSSR count). The fraction of sp³-hybridized carbons (Fsp3) is 1.00. The van der Waals surface area contributed by atoms with E-state index >= 15 is 0 Å². The van der Waals surface area contributed by atoms with Crippen LogP contribution in [0.15, 0.2) is 0 Å². The van der Waals surface area contributed by atoms with E-state index < -0.39 is 0 Å². The van der Waals surface area contributed by atoms with Crippen molar-refractivity contribution in [2.75, 3.05) is 45.9 Å². The topological polar surface area (TPSA) is 44.7 Å². The number of nitrogens with one attached hydrogen (secondary N) is 1. The molecule has 1 heterocycles. The minimum Gasteiger partial charge on any atom is -0.389 e. The molecular weight excluding hydrogens is 204 g/mol. The van der Waals surface area contributed by atoms with Crippen LogP contribution in [0.3, 0.4) is 0 Å². The van der Waals surface area contributed by atoms with E-state index in [1.54, 1.807) is 0 Å². The largest absolute Gasteiger partial charge is 0.389 e. The molecule has 1 fully saturated rings. The predicted octanol–water partition coefficient (Wildman–Crippen LogP) is 0.459. The quantitative estimate of drug-likeness (QED) is 0.565. The summed E-state index contributed by atoms with van der Waals surface area (Å²) in [5.41, 5.74) is 0. The van der Waals surface area contributed by atoms with Crippen LogP contribution in [-0.4, -0.2) is 62.0 Å². The van der Waals surface area contributed by atoms with Gasteiger partial charge in [-0.1, -0.05) is 0 Å². The van der Waals surface area contributed by atoms with Gasteiger partial charge in [-0.2, -0.15) is 0 Å². The summed E-state index contributed by atoms with van der Waals surface area (Å²) in [6.45, 7) is 8.41. The second-order valence-electron chi connectivity index (χ2n) is 4.42. The van der Waals surface area contributed by atoms with Crippen LogP contribution in [0, 0.1) is 0 Å². The third-order valence-corrected chi connectivity index (χ3v) is 2.92. The van der Waals surface area contributed by atoms with Gasteiger partial charge in [-0.15, -0.1) is 0 Å². The highest BCUT2D eigenvalue weighted by atomic mass is 16.5. The third kappa shape index (κ3) is 6.43. The normalized spacial score (nSPS) is 19.1. The molecule has 4 nitrogen and oxygen atoms in total. The highest BCUT2D eigenvalue weighted by molar-refractivity contribution is 4.66. The summed E-state index contributed by atoms with van der Waals surface area (Å²) in [5, 5.41) is 12.8. The SMILES string of the molecule is CCOCC(O)CNCCCN1CCCC1. The first-order valence-electron chi connectivity index (χ1n) is 6.51. The van der Waals surface area contributed by atoms with E-state index in [0.717, 1.165) is 6.54 Å². The highest BCUT2D eigenvalue weighted by Crippen LogP contribution is 2.06. The van der Waals surface area contributed by atoms with E-state index in [1.807, 2.05) is 6.92 Å². The molecule has 0 aromatic carbocycles. The molecule has 0 spiro atoms. The van der Waals surface area contributed by atoms with Gasteiger partial charge in [0.2, 0.25) is 0 Å². The van der Waals surface area contributed by atoms with Crippen LogP contribution in [0.1, 0.15) is 26.2 Å². The van der Waals surface area contributed by atoms with Gasteiger partial charge in [0.1, 0.15) is 0 Å². The first kappa shape index (κ1) is 13.9. The Labute approximate surface area is 99.0 Å². The van der Waals surface area contributed by atoms with Crippen LogP contribution in [0.4, 0.5) is 0 Å². The molecular formula is C12H26N2O2. The third-order valence-electron chi connectivity index (χ3n) is 2.92. The molecule has 16 heavy (non-hydrogen) atoms. The minimum atomic E-state index is -0.369. The fourth-order valence-electron chi connectivity index (χ4n) is 2.02. The molecule has 4 heteroatoms. The van der Waals surface area contributed by atoms with Crippen molar-refractivity contribution in [3.63, 3.8) is 0 Å². The van der Waals surface area contributed by atoms with Gasteiger partial charge in [-0.25, -0.2) is 0 Å². The molecule has 0 radical (unpaired) electrons. The zero-order valence-corrected chi connectivity index (χ0v) is 10.5. The summed E-state index contributed by atoms with van der Waals surface area (Å²) >= 11 is 0. The van der Waals surface area contributed by atoms with Crippen molar-refractivity contribution in [1.29, 1.82) is 0 Å². The summed E-state index contributed by atoms with van der Waals surface area (Å²) in [7, 11) is 0. The van der Waals surface area contributed by atoms with Crippen molar-refractivity contribution >= 4 is 0 Å². The maximum Gasteiger partial charge on any atom is 0.0897 e. The summed E-state index contributed by atoms with van der Waals surface area (Å²) in [6.07, 6.45) is 3.52. The lowest BCUT2D eigenvalue weighted by Gasteiger charge is -2.15. The van der Waals surface area contributed by atoms with Crippen molar-refractivity contribution in [1.82, 2.24) is 10.2 Å². The smallest absolute Gasteiger partial charge is 0.0897 e. The number of likely N-dealkylation sites (tertiary alicyclic amines) is 1. The van der Waals surface area contributed by atoms with E-state index in [2.05, 4.69) is 10.2 Å². The monoisotopic (exact) mass is 230 g/mol. The van der Waals surface area contributed by atoms with Gasteiger partial charge in [0.05, 0.1) is 12.7 Å². The number of ether oxygens (including phenoxy) is 1. The Morgan fingerprint density at radius 2 is 2.12 bits per heavy atom. The Balaban J connectivity index is 1.83. The van der Waals surface area contributed by atoms with E-state index in [0.29, 0.717) is 19.8 Å². The number of aliphatic hydroxyl groups is 1. The van der Waals surface area contributed by atoms with Crippen molar-refractivity contribution in [2.24, 2.45) is 0 Å². The molecule has 96 valence electrons. The Hall–Kier alpha value is -0.160. The minimum absolute atomic E-state index is 0.369. The Morgan fingerprint density at radius 3 is 2.81 bits per heavy atom. The molecule has 1 aliphatic heterocycles. The van der Waals surface area contributed by atoms with Crippen LogP contribution in [0.2, 0.25) is 0 Å². The molecule has 0 amide bonds. The second kappa shape index (κ2) is 8.93. The van der Waals surface area contributed by atoms with Crippen molar-refractivity contribution < 1.29 is 9.84 Å². The lowest BCUT2D eigenvalue weighted by Crippen LogP contribution is -2.32. The average Bonchev–Trinajstić information content (AvgIpc) is 2.79. The standard InChI is InChI=1S/C12H26N2O2/c1-2-16-11-12(15)10-13-6-5-9-14-7-3-4-8-14/h12-13,15H,2-11H2,1H3. The molecule has 1 atom stereocenters. The molecule has 1 unspecified atom stereocenters. The van der Waals surface area contributed by atoms with Crippen molar-refractivity contribution in [3.8, 4) is 0 Å². The number of aliphatic hydroxyl groups excluding tert-OH is 1. The summed E-state index contributed by atoms with van der Waals surface area (Å²) in [4.78, 5) is 2.51. The first-order chi connectivity index (χ1) is 7.83. The number of rotatable bonds is 9. The predicted molar refractivity (Wildman–Crippen MR) is 65.7 cm³/mol. The summed E-state index contributed by atoms with van der Waals surface area (Å²) < 4.78 is 5.14. The van der Waals surface area contributed by atoms with Gasteiger partial charge in [0.15, 0.2) is 0 Å². The zero-order valence-electron chi connectivity index (χ0n) is 10.5. The van der Waals surface area contributed by atoms with Crippen molar-refractivity contribution in [2.45, 2.75) is 32.3 Å². The van der Waals surface area contributed by atoms with Crippen LogP contribution in [0.5, 0.6) is 0 Å². The zero-order chi connectivity index (χ0) is 11.6. The molecule has 0 bridgehead atoms. The van der Waals surface area contributed by atoms with Crippen LogP contribution >= 0.6 is 0 Å². The molecule has 1 saturated heterocycles. The first-order valence-corrected chi connectivity index (χ1v) is 6.51. The maximum absolute atomic E-state index is 9.49. The lowest BCUT2D eigenvalue weighted by molar-refractivity contribution is 0.0429. The molecule has 0 aromatic heterocycles. The van der Waals surface area contributed by atoms with Gasteiger partial charge in [0, 0.05) is 13.2 Å². The highest BCUT2D eigenvalue weighted by Gasteiger charge is 2.10. The van der Waals surface area contributed by atoms with E-state index in [1.165, 1.54) is 38.9 Å². The van der Waals surface area contributed by atoms with E-state index in [4.69, 9.17) is 4.74 Å². The van der Waals surface area contributed by atoms with Crippen LogP contribution in [-0.2, 0) is 4.74 Å². The molecule has 0 saturated carbocycles. The maximum atomic E-state index is 9.49. The molecule has 2 N–H and O–H groups in total. The Kier molecular flexibility index (Phi) is 7.76. The second-order valence-corrected chi connectivity index (χ2v) is 4.42. The van der Waals surface area contributed by atoms with Gasteiger partial charge >= 0.3 is 0 Å². The number of hydrogen-bond acceptors (Lipinski definition) is 4.